The highest BCUT2D eigenvalue weighted by Gasteiger charge is 2.14. The first-order valence-electron chi connectivity index (χ1n) is 8.92. The molecule has 0 fully saturated rings. The van der Waals surface area contributed by atoms with Crippen LogP contribution in [0, 0.1) is 18.3 Å². The Morgan fingerprint density at radius 2 is 1.93 bits per heavy atom. The number of aryl methyl sites for hydroxylation is 1. The molecule has 2 aromatic carbocycles. The third kappa shape index (κ3) is 5.12. The first-order chi connectivity index (χ1) is 14.0. The number of thioether (sulfide) groups is 1. The molecule has 146 valence electrons. The molecule has 3 rings (SSSR count). The van der Waals surface area contributed by atoms with Gasteiger partial charge >= 0.3 is 5.97 Å². The summed E-state index contributed by atoms with van der Waals surface area (Å²) in [6, 6.07) is 17.4. The van der Waals surface area contributed by atoms with E-state index in [4.69, 9.17) is 10.5 Å². The number of esters is 1. The van der Waals surface area contributed by atoms with Crippen molar-refractivity contribution in [1.29, 1.82) is 5.26 Å². The van der Waals surface area contributed by atoms with Gasteiger partial charge in [0.2, 0.25) is 0 Å². The van der Waals surface area contributed by atoms with E-state index in [9.17, 15) is 10.1 Å². The molecule has 3 aromatic rings. The van der Waals surface area contributed by atoms with Crippen molar-refractivity contribution in [1.82, 2.24) is 9.97 Å². The minimum atomic E-state index is -0.379. The van der Waals surface area contributed by atoms with Crippen LogP contribution in [0.3, 0.4) is 0 Å². The van der Waals surface area contributed by atoms with Gasteiger partial charge in [-0.2, -0.15) is 5.26 Å². The summed E-state index contributed by atoms with van der Waals surface area (Å²) in [7, 11) is 1.35. The van der Waals surface area contributed by atoms with E-state index in [-0.39, 0.29) is 11.8 Å². The Labute approximate surface area is 173 Å². The fourth-order valence-electron chi connectivity index (χ4n) is 2.77. The van der Waals surface area contributed by atoms with Gasteiger partial charge in [0, 0.05) is 12.2 Å². The Morgan fingerprint density at radius 3 is 2.62 bits per heavy atom. The Hall–Kier alpha value is -3.37. The highest BCUT2D eigenvalue weighted by atomic mass is 32.2. The number of rotatable bonds is 6. The molecule has 2 N–H and O–H groups in total. The molecule has 0 amide bonds. The summed E-state index contributed by atoms with van der Waals surface area (Å²) in [5, 5.41) is 9.96. The predicted octanol–water partition coefficient (Wildman–Crippen LogP) is 3.91. The van der Waals surface area contributed by atoms with Gasteiger partial charge in [-0.05, 0) is 30.2 Å². The number of hydrogen-bond donors (Lipinski definition) is 1. The summed E-state index contributed by atoms with van der Waals surface area (Å²) in [5.41, 5.74) is 10.6. The van der Waals surface area contributed by atoms with Gasteiger partial charge in [-0.3, -0.25) is 0 Å². The lowest BCUT2D eigenvalue weighted by Crippen LogP contribution is -2.06. The molecular formula is C22H20N4O2S. The molecule has 1 aromatic heterocycles. The number of carbonyl (C=O) groups excluding carboxylic acids is 1. The second-order valence-corrected chi connectivity index (χ2v) is 7.41. The molecule has 0 radical (unpaired) electrons. The van der Waals surface area contributed by atoms with E-state index in [1.807, 2.05) is 37.3 Å². The lowest BCUT2D eigenvalue weighted by atomic mass is 10.0. The number of anilines is 1. The van der Waals surface area contributed by atoms with Crippen molar-refractivity contribution in [2.45, 2.75) is 24.3 Å². The average molecular weight is 404 g/mol. The van der Waals surface area contributed by atoms with Gasteiger partial charge in [-0.25, -0.2) is 14.8 Å². The van der Waals surface area contributed by atoms with Gasteiger partial charge in [-0.15, -0.1) is 0 Å². The first-order valence-corrected chi connectivity index (χ1v) is 9.90. The molecule has 0 spiro atoms. The summed E-state index contributed by atoms with van der Waals surface area (Å²) >= 11 is 1.40. The average Bonchev–Trinajstić information content (AvgIpc) is 2.73. The van der Waals surface area contributed by atoms with E-state index >= 15 is 0 Å². The SMILES string of the molecule is COC(=O)c1cccc(CSc2nc(N)c(C#N)c(Cc3ccc(C)cc3)n2)c1. The number of nitrogens with two attached hydrogens (primary N) is 1. The molecule has 0 bridgehead atoms. The quantitative estimate of drug-likeness (QED) is 0.377. The van der Waals surface area contributed by atoms with Crippen molar-refractivity contribution in [3.05, 3.63) is 82.0 Å². The maximum absolute atomic E-state index is 11.7. The minimum absolute atomic E-state index is 0.176. The normalized spacial score (nSPS) is 10.4. The van der Waals surface area contributed by atoms with Crippen molar-refractivity contribution >= 4 is 23.5 Å². The topological polar surface area (TPSA) is 102 Å². The number of benzene rings is 2. The molecule has 0 saturated heterocycles. The summed E-state index contributed by atoms with van der Waals surface area (Å²) in [5.74, 6) is 0.353. The van der Waals surface area contributed by atoms with E-state index in [0.29, 0.717) is 34.2 Å². The monoisotopic (exact) mass is 404 g/mol. The van der Waals surface area contributed by atoms with Gasteiger partial charge in [0.1, 0.15) is 17.5 Å². The molecule has 0 atom stereocenters. The third-order valence-corrected chi connectivity index (χ3v) is 5.23. The standard InChI is InChI=1S/C22H20N4O2S/c1-14-6-8-15(9-7-14)11-19-18(12-23)20(24)26-22(25-19)29-13-16-4-3-5-17(10-16)21(27)28-2/h3-10H,11,13H2,1-2H3,(H2,24,25,26). The minimum Gasteiger partial charge on any atom is -0.465 e. The summed E-state index contributed by atoms with van der Waals surface area (Å²) in [6.45, 7) is 2.02. The number of aromatic nitrogens is 2. The Kier molecular flexibility index (Phi) is 6.47. The van der Waals surface area contributed by atoms with Gasteiger partial charge < -0.3 is 10.5 Å². The second kappa shape index (κ2) is 9.22. The number of ether oxygens (including phenoxy) is 1. The fraction of sp³-hybridized carbons (Fsp3) is 0.182. The molecule has 0 saturated carbocycles. The number of hydrogen-bond acceptors (Lipinski definition) is 7. The molecule has 0 aliphatic carbocycles. The smallest absolute Gasteiger partial charge is 0.337 e. The van der Waals surface area contributed by atoms with Gasteiger partial charge in [0.05, 0.1) is 18.4 Å². The third-order valence-electron chi connectivity index (χ3n) is 4.31. The zero-order chi connectivity index (χ0) is 20.8. The van der Waals surface area contributed by atoms with Crippen molar-refractivity contribution < 1.29 is 9.53 Å². The molecule has 1 heterocycles. The van der Waals surface area contributed by atoms with Crippen LogP contribution in [0.4, 0.5) is 5.82 Å². The molecule has 0 aliphatic heterocycles. The number of nitrogen functional groups attached to an aromatic ring is 1. The number of nitrogens with zero attached hydrogens (tertiary/aromatic N) is 3. The van der Waals surface area contributed by atoms with Gasteiger partial charge in [0.25, 0.3) is 0 Å². The molecule has 6 nitrogen and oxygen atoms in total. The second-order valence-electron chi connectivity index (χ2n) is 6.47. The number of nitriles is 1. The van der Waals surface area contributed by atoms with E-state index in [1.165, 1.54) is 24.4 Å². The molecule has 7 heteroatoms. The van der Waals surface area contributed by atoms with Crippen LogP contribution in [0.25, 0.3) is 0 Å². The largest absolute Gasteiger partial charge is 0.465 e. The number of methoxy groups -OCH3 is 1. The van der Waals surface area contributed by atoms with Crippen LogP contribution < -0.4 is 5.73 Å². The van der Waals surface area contributed by atoms with Crippen molar-refractivity contribution in [2.75, 3.05) is 12.8 Å². The van der Waals surface area contributed by atoms with Crippen LogP contribution in [-0.2, 0) is 16.9 Å². The lowest BCUT2D eigenvalue weighted by molar-refractivity contribution is 0.0600. The van der Waals surface area contributed by atoms with Crippen LogP contribution in [0.1, 0.15) is 38.3 Å². The van der Waals surface area contributed by atoms with Crippen LogP contribution >= 0.6 is 11.8 Å². The highest BCUT2D eigenvalue weighted by Crippen LogP contribution is 2.25. The Morgan fingerprint density at radius 1 is 1.17 bits per heavy atom. The number of carbonyl (C=O) groups is 1. The molecule has 0 unspecified atom stereocenters. The highest BCUT2D eigenvalue weighted by molar-refractivity contribution is 7.98. The lowest BCUT2D eigenvalue weighted by Gasteiger charge is -2.09. The van der Waals surface area contributed by atoms with Crippen molar-refractivity contribution in [3.63, 3.8) is 0 Å². The van der Waals surface area contributed by atoms with Crippen LogP contribution in [0.5, 0.6) is 0 Å². The van der Waals surface area contributed by atoms with Crippen molar-refractivity contribution in [2.24, 2.45) is 0 Å². The van der Waals surface area contributed by atoms with Crippen LogP contribution in [0.2, 0.25) is 0 Å². The summed E-state index contributed by atoms with van der Waals surface area (Å²) < 4.78 is 4.76. The van der Waals surface area contributed by atoms with Gasteiger partial charge in [-0.1, -0.05) is 53.7 Å². The molecule has 29 heavy (non-hydrogen) atoms. The Bertz CT molecular complexity index is 1080. The molecular weight excluding hydrogens is 384 g/mol. The van der Waals surface area contributed by atoms with Crippen LogP contribution in [0.15, 0.2) is 53.7 Å². The fourth-order valence-corrected chi connectivity index (χ4v) is 3.58. The maximum Gasteiger partial charge on any atom is 0.337 e. The van der Waals surface area contributed by atoms with Crippen molar-refractivity contribution in [3.8, 4) is 6.07 Å². The zero-order valence-corrected chi connectivity index (χ0v) is 17.0. The van der Waals surface area contributed by atoms with E-state index in [0.717, 1.165) is 11.1 Å². The predicted molar refractivity (Wildman–Crippen MR) is 112 cm³/mol. The van der Waals surface area contributed by atoms with E-state index in [2.05, 4.69) is 16.0 Å². The van der Waals surface area contributed by atoms with Gasteiger partial charge in [0.15, 0.2) is 5.16 Å². The summed E-state index contributed by atoms with van der Waals surface area (Å²) in [4.78, 5) is 20.5. The summed E-state index contributed by atoms with van der Waals surface area (Å²) in [6.07, 6.45) is 0.501. The van der Waals surface area contributed by atoms with Crippen LogP contribution in [-0.4, -0.2) is 23.0 Å². The zero-order valence-electron chi connectivity index (χ0n) is 16.2. The Balaban J connectivity index is 1.81. The maximum atomic E-state index is 11.7. The molecule has 0 aliphatic rings. The van der Waals surface area contributed by atoms with E-state index in [1.54, 1.807) is 18.2 Å². The van der Waals surface area contributed by atoms with E-state index < -0.39 is 0 Å². The first kappa shape index (κ1) is 20.4.